The lowest BCUT2D eigenvalue weighted by Gasteiger charge is -2.26. The first kappa shape index (κ1) is 26.0. The first-order valence-corrected chi connectivity index (χ1v) is 13.5. The Morgan fingerprint density at radius 1 is 1.08 bits per heavy atom. The highest BCUT2D eigenvalue weighted by Gasteiger charge is 2.28. The second-order valence-electron chi connectivity index (χ2n) is 8.41. The molecule has 0 saturated carbocycles. The number of ether oxygens (including phenoxy) is 1. The second kappa shape index (κ2) is 10.3. The van der Waals surface area contributed by atoms with Crippen LogP contribution >= 0.6 is 23.2 Å². The topological polar surface area (TPSA) is 122 Å². The Labute approximate surface area is 227 Å². The van der Waals surface area contributed by atoms with Crippen molar-refractivity contribution in [2.75, 3.05) is 35.5 Å². The molecule has 0 radical (unpaired) electrons. The van der Waals surface area contributed by atoms with Gasteiger partial charge in [0.25, 0.3) is 15.9 Å². The minimum Gasteiger partial charge on any atom is -0.480 e. The van der Waals surface area contributed by atoms with E-state index in [9.17, 15) is 23.1 Å². The van der Waals surface area contributed by atoms with Gasteiger partial charge in [0, 0.05) is 28.2 Å². The van der Waals surface area contributed by atoms with Crippen molar-refractivity contribution in [3.8, 4) is 5.82 Å². The number of aliphatic carboxylic acids is 1. The zero-order valence-corrected chi connectivity index (χ0v) is 21.9. The van der Waals surface area contributed by atoms with E-state index >= 15 is 0 Å². The lowest BCUT2D eigenvalue weighted by atomic mass is 10.2. The molecule has 2 aromatic heterocycles. The van der Waals surface area contributed by atoms with Crippen LogP contribution in [0, 0.1) is 0 Å². The van der Waals surface area contributed by atoms with Gasteiger partial charge in [-0.25, -0.2) is 13.4 Å². The van der Waals surface area contributed by atoms with Gasteiger partial charge in [0.1, 0.15) is 19.0 Å². The molecule has 13 heteroatoms. The fourth-order valence-electron chi connectivity index (χ4n) is 4.20. The van der Waals surface area contributed by atoms with Gasteiger partial charge >= 0.3 is 5.97 Å². The number of hydrogen-bond donors (Lipinski definition) is 1. The highest BCUT2D eigenvalue weighted by atomic mass is 35.5. The number of benzene rings is 2. The highest BCUT2D eigenvalue weighted by molar-refractivity contribution is 7.92. The van der Waals surface area contributed by atoms with Gasteiger partial charge in [-0.2, -0.15) is 0 Å². The number of morpholine rings is 1. The molecule has 0 bridgehead atoms. The molecule has 0 spiro atoms. The van der Waals surface area contributed by atoms with Crippen LogP contribution in [0.25, 0.3) is 16.7 Å². The van der Waals surface area contributed by atoms with Crippen LogP contribution in [0.1, 0.15) is 0 Å². The van der Waals surface area contributed by atoms with Crippen molar-refractivity contribution >= 4 is 67.4 Å². The van der Waals surface area contributed by atoms with Gasteiger partial charge in [-0.3, -0.25) is 13.9 Å². The Bertz CT molecular complexity index is 1640. The fraction of sp³-hybridized carbons (Fsp3) is 0.160. The molecule has 1 aliphatic heterocycles. The molecule has 10 nitrogen and oxygen atoms in total. The number of aromatic nitrogens is 2. The molecule has 1 amide bonds. The van der Waals surface area contributed by atoms with Crippen LogP contribution < -0.4 is 9.21 Å². The van der Waals surface area contributed by atoms with E-state index in [2.05, 4.69) is 4.98 Å². The standard InChI is InChI=1S/C25H20Cl2N4O6S/c26-17-10-18(27)12-21(11-17)38(35,36)31(14-25(33)34)19-1-3-22-16(9-19)5-6-30(22)23-4-2-20(13-28-23)29-7-8-37-15-24(29)32/h1-6,9-13H,7-8,14-15H2,(H,33,34). The minimum atomic E-state index is -4.30. The van der Waals surface area contributed by atoms with E-state index in [1.54, 1.807) is 52.2 Å². The third-order valence-electron chi connectivity index (χ3n) is 5.94. The Hall–Kier alpha value is -3.64. The molecule has 1 fully saturated rings. The molecular formula is C25H20Cl2N4O6S. The Morgan fingerprint density at radius 3 is 2.50 bits per heavy atom. The summed E-state index contributed by atoms with van der Waals surface area (Å²) in [7, 11) is -4.30. The van der Waals surface area contributed by atoms with E-state index in [0.717, 1.165) is 9.82 Å². The number of carboxylic acid groups (broad SMARTS) is 1. The summed E-state index contributed by atoms with van der Waals surface area (Å²) in [6, 6.07) is 13.9. The average molecular weight is 575 g/mol. The molecule has 38 heavy (non-hydrogen) atoms. The zero-order valence-electron chi connectivity index (χ0n) is 19.6. The molecule has 1 N–H and O–H groups in total. The predicted molar refractivity (Wildman–Crippen MR) is 143 cm³/mol. The quantitative estimate of drug-likeness (QED) is 0.354. The number of hydrogen-bond acceptors (Lipinski definition) is 6. The number of carboxylic acids is 1. The molecule has 0 aliphatic carbocycles. The second-order valence-corrected chi connectivity index (χ2v) is 11.1. The van der Waals surface area contributed by atoms with Crippen LogP contribution in [-0.2, 0) is 24.3 Å². The molecule has 0 atom stereocenters. The smallest absolute Gasteiger partial charge is 0.324 e. The summed E-state index contributed by atoms with van der Waals surface area (Å²) < 4.78 is 34.6. The lowest BCUT2D eigenvalue weighted by Crippen LogP contribution is -2.41. The summed E-state index contributed by atoms with van der Waals surface area (Å²) in [4.78, 5) is 29.6. The molecule has 3 heterocycles. The number of amides is 1. The van der Waals surface area contributed by atoms with Crippen LogP contribution in [0.4, 0.5) is 11.4 Å². The summed E-state index contributed by atoms with van der Waals surface area (Å²) >= 11 is 12.0. The SMILES string of the molecule is O=C(O)CN(c1ccc2c(ccn2-c2ccc(N3CCOCC3=O)cn2)c1)S(=O)(=O)c1cc(Cl)cc(Cl)c1. The van der Waals surface area contributed by atoms with Crippen LogP contribution in [0.15, 0.2) is 71.9 Å². The molecule has 2 aromatic carbocycles. The Kier molecular flexibility index (Phi) is 7.01. The molecule has 0 unspecified atom stereocenters. The van der Waals surface area contributed by atoms with Gasteiger partial charge in [0.05, 0.1) is 34.6 Å². The summed E-state index contributed by atoms with van der Waals surface area (Å²) in [5, 5.41) is 10.3. The number of pyridine rings is 1. The van der Waals surface area contributed by atoms with Crippen LogP contribution in [-0.4, -0.2) is 61.3 Å². The fourth-order valence-corrected chi connectivity index (χ4v) is 6.33. The minimum absolute atomic E-state index is 0.0330. The van der Waals surface area contributed by atoms with Gasteiger partial charge in [-0.15, -0.1) is 0 Å². The van der Waals surface area contributed by atoms with Gasteiger partial charge < -0.3 is 19.3 Å². The van der Waals surface area contributed by atoms with Crippen molar-refractivity contribution in [3.05, 3.63) is 77.0 Å². The molecule has 4 aromatic rings. The number of carbonyl (C=O) groups is 2. The van der Waals surface area contributed by atoms with Gasteiger partial charge in [0.2, 0.25) is 0 Å². The molecule has 5 rings (SSSR count). The van der Waals surface area contributed by atoms with Gasteiger partial charge in [-0.05, 0) is 54.6 Å². The summed E-state index contributed by atoms with van der Waals surface area (Å²) in [5.74, 6) is -0.881. The maximum absolute atomic E-state index is 13.4. The summed E-state index contributed by atoms with van der Waals surface area (Å²) in [6.07, 6.45) is 3.37. The number of sulfonamides is 1. The number of fused-ring (bicyclic) bond motifs is 1. The van der Waals surface area contributed by atoms with Crippen molar-refractivity contribution in [2.24, 2.45) is 0 Å². The first-order chi connectivity index (χ1) is 18.1. The average Bonchev–Trinajstić information content (AvgIpc) is 3.30. The van der Waals surface area contributed by atoms with Crippen molar-refractivity contribution in [3.63, 3.8) is 0 Å². The summed E-state index contributed by atoms with van der Waals surface area (Å²) in [6.45, 7) is 0.135. The van der Waals surface area contributed by atoms with Gasteiger partial charge in [-0.1, -0.05) is 23.2 Å². The maximum Gasteiger partial charge on any atom is 0.324 e. The number of halogens is 2. The Balaban J connectivity index is 1.49. The molecule has 1 aliphatic rings. The van der Waals surface area contributed by atoms with E-state index in [1.165, 1.54) is 24.3 Å². The maximum atomic E-state index is 13.4. The first-order valence-electron chi connectivity index (χ1n) is 11.3. The van der Waals surface area contributed by atoms with E-state index < -0.39 is 22.5 Å². The van der Waals surface area contributed by atoms with Crippen LogP contribution in [0.2, 0.25) is 10.0 Å². The van der Waals surface area contributed by atoms with E-state index in [0.29, 0.717) is 30.0 Å². The number of nitrogens with zero attached hydrogens (tertiary/aromatic N) is 4. The molecular weight excluding hydrogens is 555 g/mol. The van der Waals surface area contributed by atoms with Crippen LogP contribution in [0.3, 0.4) is 0 Å². The van der Waals surface area contributed by atoms with Gasteiger partial charge in [0.15, 0.2) is 0 Å². The lowest BCUT2D eigenvalue weighted by molar-refractivity contribution is -0.135. The van der Waals surface area contributed by atoms with Crippen molar-refractivity contribution in [1.29, 1.82) is 0 Å². The normalized spacial score (nSPS) is 14.2. The summed E-state index contributed by atoms with van der Waals surface area (Å²) in [5.41, 5.74) is 1.54. The Morgan fingerprint density at radius 2 is 1.84 bits per heavy atom. The highest BCUT2D eigenvalue weighted by Crippen LogP contribution is 2.31. The largest absolute Gasteiger partial charge is 0.480 e. The molecule has 1 saturated heterocycles. The zero-order chi connectivity index (χ0) is 27.0. The van der Waals surface area contributed by atoms with E-state index in [4.69, 9.17) is 27.9 Å². The van der Waals surface area contributed by atoms with Crippen LogP contribution in [0.5, 0.6) is 0 Å². The third-order valence-corrected chi connectivity index (χ3v) is 8.13. The number of rotatable bonds is 7. The number of carbonyl (C=O) groups excluding carboxylic acids is 1. The monoisotopic (exact) mass is 574 g/mol. The van der Waals surface area contributed by atoms with Crippen molar-refractivity contribution < 1.29 is 27.9 Å². The van der Waals surface area contributed by atoms with Crippen molar-refractivity contribution in [1.82, 2.24) is 9.55 Å². The molecule has 196 valence electrons. The predicted octanol–water partition coefficient (Wildman–Crippen LogP) is 3.98. The van der Waals surface area contributed by atoms with Crippen molar-refractivity contribution in [2.45, 2.75) is 4.90 Å². The van der Waals surface area contributed by atoms with E-state index in [-0.39, 0.29) is 33.1 Å². The van der Waals surface area contributed by atoms with E-state index in [1.807, 2.05) is 0 Å². The number of anilines is 2. The third kappa shape index (κ3) is 5.05.